The van der Waals surface area contributed by atoms with Gasteiger partial charge in [0.15, 0.2) is 0 Å². The van der Waals surface area contributed by atoms with Gasteiger partial charge in [0.25, 0.3) is 0 Å². The number of hydrogen-bond donors (Lipinski definition) is 0. The predicted molar refractivity (Wildman–Crippen MR) is 169 cm³/mol. The van der Waals surface area contributed by atoms with E-state index in [0.717, 1.165) is 28.0 Å². The zero-order chi connectivity index (χ0) is 30.7. The summed E-state index contributed by atoms with van der Waals surface area (Å²) in [6.07, 6.45) is 0.403. The zero-order valence-corrected chi connectivity index (χ0v) is 24.9. The first kappa shape index (κ1) is 29.1. The summed E-state index contributed by atoms with van der Waals surface area (Å²) in [7, 11) is 1.35. The van der Waals surface area contributed by atoms with E-state index in [9.17, 15) is 9.59 Å². The Bertz CT molecular complexity index is 1630. The minimum Gasteiger partial charge on any atom is -0.469 e. The molecule has 0 unspecified atom stereocenters. The van der Waals surface area contributed by atoms with E-state index < -0.39 is 35.1 Å². The number of anilines is 1. The second-order valence-corrected chi connectivity index (χ2v) is 11.2. The molecule has 1 aliphatic carbocycles. The first-order valence-electron chi connectivity index (χ1n) is 15.0. The van der Waals surface area contributed by atoms with Gasteiger partial charge in [0.2, 0.25) is 5.91 Å². The average Bonchev–Trinajstić information content (AvgIpc) is 3.08. The van der Waals surface area contributed by atoms with Crippen molar-refractivity contribution in [1.82, 2.24) is 0 Å². The fourth-order valence-corrected chi connectivity index (χ4v) is 7.17. The fraction of sp³-hybridized carbons (Fsp3) is 0.237. The summed E-state index contributed by atoms with van der Waals surface area (Å²) < 4.78 is 10.7. The first-order chi connectivity index (χ1) is 21.5. The quantitative estimate of drug-likeness (QED) is 0.223. The Labute approximate surface area is 257 Å². The van der Waals surface area contributed by atoms with E-state index in [0.29, 0.717) is 5.69 Å². The number of methoxy groups -OCH3 is 1. The van der Waals surface area contributed by atoms with Crippen molar-refractivity contribution in [2.45, 2.75) is 31.1 Å². The van der Waals surface area contributed by atoms with E-state index in [2.05, 4.69) is 0 Å². The standard InChI is InChI=1S/C38H35NO5/c1-3-44-36(41)31-25-33-32(24-30(31)35(40)43-2)34(26-16-8-4-9-17-26)38(27-18-10-5-11-19-27,28-20-12-6-13-21-28)37(42)39(33)29-22-14-7-15-23-29/h4-23,30-31,34H,3,24-25H2,1-2H3/t30-,31+,34-/m1/s1. The van der Waals surface area contributed by atoms with Gasteiger partial charge in [-0.2, -0.15) is 0 Å². The maximum atomic E-state index is 15.6. The summed E-state index contributed by atoms with van der Waals surface area (Å²) in [6.45, 7) is 1.94. The van der Waals surface area contributed by atoms with E-state index in [1.807, 2.05) is 121 Å². The Morgan fingerprint density at radius 2 is 1.23 bits per heavy atom. The van der Waals surface area contributed by atoms with Gasteiger partial charge in [-0.1, -0.05) is 109 Å². The number of carbonyl (C=O) groups is 3. The van der Waals surface area contributed by atoms with Gasteiger partial charge in [-0.3, -0.25) is 19.3 Å². The number of allylic oxidation sites excluding steroid dienone is 2. The molecule has 1 amide bonds. The van der Waals surface area contributed by atoms with E-state index in [1.165, 1.54) is 7.11 Å². The molecule has 0 bridgehead atoms. The van der Waals surface area contributed by atoms with Gasteiger partial charge >= 0.3 is 11.9 Å². The molecule has 0 saturated heterocycles. The normalized spacial score (nSPS) is 20.9. The number of carbonyl (C=O) groups excluding carboxylic acids is 3. The van der Waals surface area contributed by atoms with Crippen molar-refractivity contribution >= 4 is 23.5 Å². The fourth-order valence-electron chi connectivity index (χ4n) is 7.17. The van der Waals surface area contributed by atoms with E-state index in [1.54, 1.807) is 11.8 Å². The maximum absolute atomic E-state index is 15.6. The van der Waals surface area contributed by atoms with Gasteiger partial charge in [0, 0.05) is 23.7 Å². The second kappa shape index (κ2) is 12.3. The summed E-state index contributed by atoms with van der Waals surface area (Å²) in [5, 5.41) is 0. The Kier molecular flexibility index (Phi) is 8.16. The monoisotopic (exact) mass is 585 g/mol. The lowest BCUT2D eigenvalue weighted by atomic mass is 9.55. The molecule has 6 rings (SSSR count). The number of nitrogens with zero attached hydrogens (tertiary/aromatic N) is 1. The molecule has 0 fully saturated rings. The third-order valence-corrected chi connectivity index (χ3v) is 9.00. The Hall–Kier alpha value is -4.97. The first-order valence-corrected chi connectivity index (χ1v) is 15.0. The van der Waals surface area contributed by atoms with Crippen LogP contribution in [0.4, 0.5) is 5.69 Å². The smallest absolute Gasteiger partial charge is 0.310 e. The van der Waals surface area contributed by atoms with Crippen LogP contribution < -0.4 is 4.90 Å². The number of esters is 2. The summed E-state index contributed by atoms with van der Waals surface area (Å²) in [6, 6.07) is 39.3. The van der Waals surface area contributed by atoms with Gasteiger partial charge in [-0.05, 0) is 47.7 Å². The van der Waals surface area contributed by atoms with Gasteiger partial charge in [0.05, 0.1) is 25.6 Å². The number of benzene rings is 4. The molecule has 6 nitrogen and oxygen atoms in total. The van der Waals surface area contributed by atoms with Crippen molar-refractivity contribution in [1.29, 1.82) is 0 Å². The minimum atomic E-state index is -1.18. The average molecular weight is 586 g/mol. The highest BCUT2D eigenvalue weighted by Gasteiger charge is 2.59. The second-order valence-electron chi connectivity index (χ2n) is 11.2. The summed E-state index contributed by atoms with van der Waals surface area (Å²) >= 11 is 0. The maximum Gasteiger partial charge on any atom is 0.310 e. The van der Waals surface area contributed by atoms with Crippen LogP contribution in [-0.4, -0.2) is 31.6 Å². The molecular formula is C38H35NO5. The third kappa shape index (κ3) is 4.80. The largest absolute Gasteiger partial charge is 0.469 e. The van der Waals surface area contributed by atoms with Gasteiger partial charge in [0.1, 0.15) is 5.41 Å². The highest BCUT2D eigenvalue weighted by molar-refractivity contribution is 6.09. The molecule has 3 atom stereocenters. The number of ether oxygens (including phenoxy) is 2. The molecule has 0 saturated carbocycles. The van der Waals surface area contributed by atoms with Crippen LogP contribution in [0.15, 0.2) is 133 Å². The molecule has 1 aliphatic heterocycles. The third-order valence-electron chi connectivity index (χ3n) is 9.00. The zero-order valence-electron chi connectivity index (χ0n) is 24.9. The Morgan fingerprint density at radius 1 is 0.727 bits per heavy atom. The number of hydrogen-bond acceptors (Lipinski definition) is 5. The summed E-state index contributed by atoms with van der Waals surface area (Å²) in [4.78, 5) is 44.2. The lowest BCUT2D eigenvalue weighted by Crippen LogP contribution is -2.57. The van der Waals surface area contributed by atoms with Crippen molar-refractivity contribution in [2.75, 3.05) is 18.6 Å². The van der Waals surface area contributed by atoms with Crippen LogP contribution >= 0.6 is 0 Å². The molecule has 1 heterocycles. The van der Waals surface area contributed by atoms with Crippen molar-refractivity contribution in [2.24, 2.45) is 11.8 Å². The van der Waals surface area contributed by atoms with Crippen molar-refractivity contribution in [3.05, 3.63) is 149 Å². The minimum absolute atomic E-state index is 0.118. The molecule has 0 radical (unpaired) electrons. The molecule has 222 valence electrons. The topological polar surface area (TPSA) is 72.9 Å². The van der Waals surface area contributed by atoms with Crippen LogP contribution in [0.3, 0.4) is 0 Å². The molecular weight excluding hydrogens is 550 g/mol. The van der Waals surface area contributed by atoms with E-state index >= 15 is 4.79 Å². The van der Waals surface area contributed by atoms with E-state index in [-0.39, 0.29) is 25.4 Å². The van der Waals surface area contributed by atoms with E-state index in [4.69, 9.17) is 9.47 Å². The van der Waals surface area contributed by atoms with Crippen molar-refractivity contribution in [3.63, 3.8) is 0 Å². The number of amides is 1. The SMILES string of the molecule is CCOC(=O)[C@H]1CC2=C(C[C@H]1C(=O)OC)[C@@H](c1ccccc1)C(c1ccccc1)(c1ccccc1)C(=O)N2c1ccccc1. The van der Waals surface area contributed by atoms with Gasteiger partial charge < -0.3 is 9.47 Å². The van der Waals surface area contributed by atoms with Crippen LogP contribution in [0.5, 0.6) is 0 Å². The molecule has 4 aromatic rings. The molecule has 6 heteroatoms. The number of rotatable bonds is 7. The molecule has 2 aliphatic rings. The summed E-state index contributed by atoms with van der Waals surface area (Å²) in [5.41, 5.74) is 3.83. The Morgan fingerprint density at radius 3 is 1.75 bits per heavy atom. The van der Waals surface area contributed by atoms with Crippen LogP contribution in [-0.2, 0) is 29.3 Å². The lowest BCUT2D eigenvalue weighted by Gasteiger charge is -2.52. The van der Waals surface area contributed by atoms with Crippen molar-refractivity contribution in [3.8, 4) is 0 Å². The van der Waals surface area contributed by atoms with Crippen LogP contribution in [0.2, 0.25) is 0 Å². The Balaban J connectivity index is 1.73. The van der Waals surface area contributed by atoms with Gasteiger partial charge in [-0.15, -0.1) is 0 Å². The molecule has 0 N–H and O–H groups in total. The highest BCUT2D eigenvalue weighted by Crippen LogP contribution is 2.58. The molecule has 0 spiro atoms. The lowest BCUT2D eigenvalue weighted by molar-refractivity contribution is -0.159. The number of para-hydroxylation sites is 1. The molecule has 0 aromatic heterocycles. The van der Waals surface area contributed by atoms with Crippen LogP contribution in [0.25, 0.3) is 0 Å². The van der Waals surface area contributed by atoms with Crippen LogP contribution in [0.1, 0.15) is 42.4 Å². The van der Waals surface area contributed by atoms with Crippen LogP contribution in [0, 0.1) is 11.8 Å². The highest BCUT2D eigenvalue weighted by atomic mass is 16.5. The molecule has 4 aromatic carbocycles. The van der Waals surface area contributed by atoms with Crippen molar-refractivity contribution < 1.29 is 23.9 Å². The van der Waals surface area contributed by atoms with Gasteiger partial charge in [-0.25, -0.2) is 0 Å². The predicted octanol–water partition coefficient (Wildman–Crippen LogP) is 6.82. The molecule has 44 heavy (non-hydrogen) atoms. The summed E-state index contributed by atoms with van der Waals surface area (Å²) in [5.74, 6) is -3.07.